The zero-order valence-corrected chi connectivity index (χ0v) is 12.8. The number of fused-ring (bicyclic) bond motifs is 3. The summed E-state index contributed by atoms with van der Waals surface area (Å²) in [5, 5.41) is 5.25. The number of pyridine rings is 1. The molecule has 3 aromatic rings. The molecule has 20 heavy (non-hydrogen) atoms. The summed E-state index contributed by atoms with van der Waals surface area (Å²) in [6, 6.07) is 0.567. The van der Waals surface area contributed by atoms with Gasteiger partial charge >= 0.3 is 0 Å². The second kappa shape index (κ2) is 4.27. The van der Waals surface area contributed by atoms with E-state index >= 15 is 0 Å². The van der Waals surface area contributed by atoms with E-state index in [4.69, 9.17) is 11.6 Å². The van der Waals surface area contributed by atoms with Gasteiger partial charge in [0, 0.05) is 11.4 Å². The van der Waals surface area contributed by atoms with Gasteiger partial charge in [0.05, 0.1) is 20.9 Å². The van der Waals surface area contributed by atoms with Crippen molar-refractivity contribution < 1.29 is 0 Å². The molecule has 1 saturated carbocycles. The number of aryl methyl sites for hydroxylation is 2. The summed E-state index contributed by atoms with van der Waals surface area (Å²) in [4.78, 5) is 14.4. The highest BCUT2D eigenvalue weighted by molar-refractivity contribution is 7.26. The van der Waals surface area contributed by atoms with E-state index in [1.54, 1.807) is 17.7 Å². The lowest BCUT2D eigenvalue weighted by Crippen LogP contribution is -2.03. The van der Waals surface area contributed by atoms with Crippen LogP contribution in [0.4, 0.5) is 5.82 Å². The monoisotopic (exact) mass is 304 g/mol. The number of hydrogen-bond acceptors (Lipinski definition) is 5. The standard InChI is InChI=1S/C14H13ClN4S/c1-6-9-11-12(20-14(9)18-7(2)10(6)15)13(17-5-16-11)19-8-3-4-8/h5,8H,3-4H2,1-2H3,(H,16,17,19). The summed E-state index contributed by atoms with van der Waals surface area (Å²) in [5.41, 5.74) is 2.87. The van der Waals surface area contributed by atoms with Crippen molar-refractivity contribution >= 4 is 49.2 Å². The van der Waals surface area contributed by atoms with Crippen molar-refractivity contribution in [1.82, 2.24) is 15.0 Å². The first kappa shape index (κ1) is 12.3. The van der Waals surface area contributed by atoms with E-state index < -0.39 is 0 Å². The highest BCUT2D eigenvalue weighted by Crippen LogP contribution is 2.40. The van der Waals surface area contributed by atoms with E-state index in [1.807, 2.05) is 13.8 Å². The third-order valence-corrected chi connectivity index (χ3v) is 5.30. The number of anilines is 1. The molecule has 0 spiro atoms. The molecule has 1 N–H and O–H groups in total. The highest BCUT2D eigenvalue weighted by Gasteiger charge is 2.24. The minimum Gasteiger partial charge on any atom is -0.366 e. The zero-order valence-electron chi connectivity index (χ0n) is 11.2. The van der Waals surface area contributed by atoms with Crippen LogP contribution in [0.15, 0.2) is 6.33 Å². The van der Waals surface area contributed by atoms with E-state index in [0.29, 0.717) is 6.04 Å². The van der Waals surface area contributed by atoms with Crippen molar-refractivity contribution in [3.05, 3.63) is 22.6 Å². The number of hydrogen-bond donors (Lipinski definition) is 1. The summed E-state index contributed by atoms with van der Waals surface area (Å²) in [6.45, 7) is 3.97. The van der Waals surface area contributed by atoms with Crippen molar-refractivity contribution in [2.45, 2.75) is 32.7 Å². The molecule has 0 radical (unpaired) electrons. The van der Waals surface area contributed by atoms with Crippen LogP contribution in [-0.4, -0.2) is 21.0 Å². The topological polar surface area (TPSA) is 50.7 Å². The SMILES string of the molecule is Cc1nc2sc3c(NC4CC4)ncnc3c2c(C)c1Cl. The van der Waals surface area contributed by atoms with Crippen LogP contribution in [0, 0.1) is 13.8 Å². The van der Waals surface area contributed by atoms with Gasteiger partial charge in [-0.1, -0.05) is 11.6 Å². The summed E-state index contributed by atoms with van der Waals surface area (Å²) < 4.78 is 1.08. The van der Waals surface area contributed by atoms with E-state index in [-0.39, 0.29) is 0 Å². The second-order valence-corrected chi connectivity index (χ2v) is 6.61. The Hall–Kier alpha value is -1.46. The lowest BCUT2D eigenvalue weighted by atomic mass is 10.1. The summed E-state index contributed by atoms with van der Waals surface area (Å²) >= 11 is 7.97. The average Bonchev–Trinajstić information content (AvgIpc) is 3.16. The van der Waals surface area contributed by atoms with Crippen LogP contribution in [0.3, 0.4) is 0 Å². The Morgan fingerprint density at radius 3 is 2.85 bits per heavy atom. The quantitative estimate of drug-likeness (QED) is 0.775. The molecule has 0 bridgehead atoms. The summed E-state index contributed by atoms with van der Waals surface area (Å²) in [6.07, 6.45) is 4.06. The minimum absolute atomic E-state index is 0.567. The molecule has 102 valence electrons. The molecule has 4 rings (SSSR count). The first-order valence-corrected chi connectivity index (χ1v) is 7.81. The first-order chi connectivity index (χ1) is 9.65. The molecule has 3 aromatic heterocycles. The fourth-order valence-electron chi connectivity index (χ4n) is 2.42. The smallest absolute Gasteiger partial charge is 0.147 e. The number of nitrogens with one attached hydrogen (secondary N) is 1. The number of aromatic nitrogens is 3. The van der Waals surface area contributed by atoms with Gasteiger partial charge in [0.15, 0.2) is 0 Å². The molecule has 4 nitrogen and oxygen atoms in total. The Morgan fingerprint density at radius 1 is 1.30 bits per heavy atom. The molecule has 0 aromatic carbocycles. The van der Waals surface area contributed by atoms with Gasteiger partial charge in [0.1, 0.15) is 17.0 Å². The molecule has 0 aliphatic heterocycles. The van der Waals surface area contributed by atoms with E-state index in [2.05, 4.69) is 20.3 Å². The van der Waals surface area contributed by atoms with Crippen molar-refractivity contribution in [3.63, 3.8) is 0 Å². The normalized spacial score (nSPS) is 15.2. The molecular formula is C14H13ClN4S. The minimum atomic E-state index is 0.567. The maximum Gasteiger partial charge on any atom is 0.147 e. The Balaban J connectivity index is 2.06. The van der Waals surface area contributed by atoms with Gasteiger partial charge in [0.2, 0.25) is 0 Å². The molecule has 0 atom stereocenters. The largest absolute Gasteiger partial charge is 0.366 e. The third kappa shape index (κ3) is 1.77. The fourth-order valence-corrected chi connectivity index (χ4v) is 3.74. The van der Waals surface area contributed by atoms with Crippen molar-refractivity contribution in [2.75, 3.05) is 5.32 Å². The lowest BCUT2D eigenvalue weighted by Gasteiger charge is -2.04. The van der Waals surface area contributed by atoms with Gasteiger partial charge < -0.3 is 5.32 Å². The number of halogens is 1. The molecule has 1 fully saturated rings. The molecule has 0 saturated heterocycles. The van der Waals surface area contributed by atoms with Crippen LogP contribution in [0.5, 0.6) is 0 Å². The molecule has 3 heterocycles. The lowest BCUT2D eigenvalue weighted by molar-refractivity contribution is 1.11. The second-order valence-electron chi connectivity index (χ2n) is 5.24. The van der Waals surface area contributed by atoms with Gasteiger partial charge in [-0.2, -0.15) is 0 Å². The Bertz CT molecular complexity index is 838. The number of thiophene rings is 1. The third-order valence-electron chi connectivity index (χ3n) is 3.66. The van der Waals surface area contributed by atoms with Crippen molar-refractivity contribution in [3.8, 4) is 0 Å². The molecular weight excluding hydrogens is 292 g/mol. The molecule has 1 aliphatic carbocycles. The van der Waals surface area contributed by atoms with Crippen molar-refractivity contribution in [2.24, 2.45) is 0 Å². The van der Waals surface area contributed by atoms with Gasteiger partial charge in [-0.3, -0.25) is 0 Å². The summed E-state index contributed by atoms with van der Waals surface area (Å²) in [7, 11) is 0. The van der Waals surface area contributed by atoms with Gasteiger partial charge in [-0.25, -0.2) is 15.0 Å². The molecule has 1 aliphatic rings. The Labute approximate surface area is 125 Å². The fraction of sp³-hybridized carbons (Fsp3) is 0.357. The van der Waals surface area contributed by atoms with Gasteiger partial charge in [0.25, 0.3) is 0 Å². The van der Waals surface area contributed by atoms with Crippen molar-refractivity contribution in [1.29, 1.82) is 0 Å². The van der Waals surface area contributed by atoms with Gasteiger partial charge in [-0.05, 0) is 32.3 Å². The first-order valence-electron chi connectivity index (χ1n) is 6.61. The van der Waals surface area contributed by atoms with Gasteiger partial charge in [-0.15, -0.1) is 11.3 Å². The Kier molecular flexibility index (Phi) is 2.62. The Morgan fingerprint density at radius 2 is 2.10 bits per heavy atom. The molecule has 6 heteroatoms. The van der Waals surface area contributed by atoms with E-state index in [1.165, 1.54) is 12.8 Å². The number of rotatable bonds is 2. The van der Waals surface area contributed by atoms with Crippen LogP contribution in [0.25, 0.3) is 20.4 Å². The van der Waals surface area contributed by atoms with Crippen LogP contribution in [-0.2, 0) is 0 Å². The van der Waals surface area contributed by atoms with Crippen LogP contribution < -0.4 is 5.32 Å². The predicted molar refractivity (Wildman–Crippen MR) is 83.8 cm³/mol. The van der Waals surface area contributed by atoms with Crippen LogP contribution in [0.2, 0.25) is 5.02 Å². The number of nitrogens with zero attached hydrogens (tertiary/aromatic N) is 3. The zero-order chi connectivity index (χ0) is 13.9. The van der Waals surface area contributed by atoms with E-state index in [9.17, 15) is 0 Å². The summed E-state index contributed by atoms with van der Waals surface area (Å²) in [5.74, 6) is 0.925. The van der Waals surface area contributed by atoms with Crippen LogP contribution in [0.1, 0.15) is 24.1 Å². The molecule has 0 unspecified atom stereocenters. The maximum absolute atomic E-state index is 6.33. The highest BCUT2D eigenvalue weighted by atomic mass is 35.5. The van der Waals surface area contributed by atoms with Crippen LogP contribution >= 0.6 is 22.9 Å². The molecule has 0 amide bonds. The predicted octanol–water partition coefficient (Wildman–Crippen LogP) is 4.08. The van der Waals surface area contributed by atoms with E-state index in [0.717, 1.165) is 42.5 Å². The maximum atomic E-state index is 6.33. The average molecular weight is 305 g/mol.